The van der Waals surface area contributed by atoms with E-state index in [1.165, 1.54) is 11.3 Å². The molecule has 0 aliphatic carbocycles. The van der Waals surface area contributed by atoms with Crippen LogP contribution in [0.25, 0.3) is 0 Å². The van der Waals surface area contributed by atoms with Crippen molar-refractivity contribution in [3.63, 3.8) is 0 Å². The molecule has 17 heavy (non-hydrogen) atoms. The number of rotatable bonds is 6. The van der Waals surface area contributed by atoms with Gasteiger partial charge in [-0.05, 0) is 6.92 Å². The lowest BCUT2D eigenvalue weighted by Gasteiger charge is -1.98. The number of halogens is 1. The number of aromatic nitrogens is 2. The molecule has 1 aromatic heterocycles. The highest BCUT2D eigenvalue weighted by molar-refractivity contribution is 7.15. The number of aryl methyl sites for hydroxylation is 1. The van der Waals surface area contributed by atoms with Crippen molar-refractivity contribution < 1.29 is 14.3 Å². The van der Waals surface area contributed by atoms with E-state index in [4.69, 9.17) is 16.3 Å². The molecule has 94 valence electrons. The van der Waals surface area contributed by atoms with E-state index >= 15 is 0 Å². The van der Waals surface area contributed by atoms with Gasteiger partial charge in [0, 0.05) is 6.42 Å². The molecule has 0 bridgehead atoms. The normalized spacial score (nSPS) is 10.0. The first-order valence-electron chi connectivity index (χ1n) is 4.99. The fraction of sp³-hybridized carbons (Fsp3) is 0.556. The van der Waals surface area contributed by atoms with Gasteiger partial charge in [-0.15, -0.1) is 21.8 Å². The van der Waals surface area contributed by atoms with E-state index in [9.17, 15) is 9.59 Å². The largest absolute Gasteiger partial charge is 0.466 e. The summed E-state index contributed by atoms with van der Waals surface area (Å²) in [5, 5.41) is 11.1. The van der Waals surface area contributed by atoms with Gasteiger partial charge in [0.25, 0.3) is 0 Å². The van der Waals surface area contributed by atoms with Crippen LogP contribution in [-0.4, -0.2) is 34.6 Å². The summed E-state index contributed by atoms with van der Waals surface area (Å²) in [4.78, 5) is 22.1. The molecule has 8 heteroatoms. The number of hydrogen-bond acceptors (Lipinski definition) is 6. The Morgan fingerprint density at radius 2 is 2.24 bits per heavy atom. The number of amides is 1. The van der Waals surface area contributed by atoms with Crippen molar-refractivity contribution in [3.8, 4) is 0 Å². The molecule has 0 spiro atoms. The molecule has 1 rings (SSSR count). The highest BCUT2D eigenvalue weighted by atomic mass is 35.5. The predicted octanol–water partition coefficient (Wildman–Crippen LogP) is 1.21. The number of hydrogen-bond donors (Lipinski definition) is 1. The average Bonchev–Trinajstić information content (AvgIpc) is 2.74. The van der Waals surface area contributed by atoms with Crippen LogP contribution in [0.1, 0.15) is 18.4 Å². The highest BCUT2D eigenvalue weighted by Crippen LogP contribution is 2.16. The van der Waals surface area contributed by atoms with Crippen LogP contribution < -0.4 is 5.32 Å². The van der Waals surface area contributed by atoms with Gasteiger partial charge in [-0.3, -0.25) is 14.9 Å². The van der Waals surface area contributed by atoms with Crippen molar-refractivity contribution in [2.75, 3.05) is 17.8 Å². The first kappa shape index (κ1) is 13.9. The number of nitrogens with one attached hydrogen (secondary N) is 1. The first-order valence-corrected chi connectivity index (χ1v) is 6.34. The third kappa shape index (κ3) is 5.10. The lowest BCUT2D eigenvalue weighted by molar-refractivity contribution is -0.143. The minimum atomic E-state index is -0.334. The number of carbonyl (C=O) groups excluding carboxylic acids is 2. The van der Waals surface area contributed by atoms with Crippen LogP contribution in [-0.2, 0) is 20.7 Å². The van der Waals surface area contributed by atoms with Gasteiger partial charge in [-0.1, -0.05) is 11.3 Å². The summed E-state index contributed by atoms with van der Waals surface area (Å²) in [5.41, 5.74) is 0. The number of alkyl halides is 1. The summed E-state index contributed by atoms with van der Waals surface area (Å²) in [6.07, 6.45) is 0.708. The third-order valence-corrected chi connectivity index (χ3v) is 2.82. The maximum Gasteiger partial charge on any atom is 0.306 e. The Hall–Kier alpha value is -1.21. The van der Waals surface area contributed by atoms with Gasteiger partial charge < -0.3 is 4.74 Å². The molecule has 0 aliphatic heterocycles. The van der Waals surface area contributed by atoms with Crippen LogP contribution in [0.4, 0.5) is 5.13 Å². The van der Waals surface area contributed by atoms with Crippen LogP contribution in [0.5, 0.6) is 0 Å². The van der Waals surface area contributed by atoms with Gasteiger partial charge in [-0.25, -0.2) is 0 Å². The highest BCUT2D eigenvalue weighted by Gasteiger charge is 2.09. The Bertz CT molecular complexity index is 397. The van der Waals surface area contributed by atoms with E-state index in [1.807, 2.05) is 0 Å². The summed E-state index contributed by atoms with van der Waals surface area (Å²) in [7, 11) is 0. The molecule has 0 saturated carbocycles. The molecule has 1 amide bonds. The minimum absolute atomic E-state index is 0.127. The second-order valence-corrected chi connectivity index (χ2v) is 4.32. The number of anilines is 1. The molecule has 1 N–H and O–H groups in total. The van der Waals surface area contributed by atoms with Crippen molar-refractivity contribution in [2.45, 2.75) is 19.8 Å². The molecule has 0 saturated heterocycles. The minimum Gasteiger partial charge on any atom is -0.466 e. The fourth-order valence-corrected chi connectivity index (χ4v) is 1.82. The van der Waals surface area contributed by atoms with Crippen molar-refractivity contribution in [3.05, 3.63) is 5.01 Å². The molecule has 0 atom stereocenters. The molecule has 1 aromatic rings. The van der Waals surface area contributed by atoms with Crippen LogP contribution >= 0.6 is 22.9 Å². The molecular formula is C9H12ClN3O3S. The van der Waals surface area contributed by atoms with Gasteiger partial charge in [-0.2, -0.15) is 0 Å². The van der Waals surface area contributed by atoms with Gasteiger partial charge >= 0.3 is 5.97 Å². The molecule has 0 aliphatic rings. The number of ether oxygens (including phenoxy) is 1. The Morgan fingerprint density at radius 3 is 2.88 bits per heavy atom. The molecular weight excluding hydrogens is 266 g/mol. The summed E-state index contributed by atoms with van der Waals surface area (Å²) < 4.78 is 4.78. The topological polar surface area (TPSA) is 81.2 Å². The SMILES string of the molecule is CCOC(=O)CCc1nnc(NC(=O)CCl)s1. The number of esters is 1. The summed E-state index contributed by atoms with van der Waals surface area (Å²) in [5.74, 6) is -0.730. The van der Waals surface area contributed by atoms with Crippen LogP contribution in [0.15, 0.2) is 0 Å². The zero-order chi connectivity index (χ0) is 12.7. The van der Waals surface area contributed by atoms with Crippen molar-refractivity contribution in [1.29, 1.82) is 0 Å². The second-order valence-electron chi connectivity index (χ2n) is 2.99. The Labute approximate surface area is 107 Å². The van der Waals surface area contributed by atoms with Crippen LogP contribution in [0, 0.1) is 0 Å². The van der Waals surface area contributed by atoms with Crippen molar-refractivity contribution >= 4 is 39.9 Å². The Balaban J connectivity index is 2.40. The quantitative estimate of drug-likeness (QED) is 0.624. The standard InChI is InChI=1S/C9H12ClN3O3S/c1-2-16-8(15)4-3-7-12-13-9(17-7)11-6(14)5-10/h2-5H2,1H3,(H,11,13,14). The van der Waals surface area contributed by atoms with Crippen LogP contribution in [0.3, 0.4) is 0 Å². The molecule has 1 heterocycles. The smallest absolute Gasteiger partial charge is 0.306 e. The van der Waals surface area contributed by atoms with E-state index in [-0.39, 0.29) is 24.2 Å². The summed E-state index contributed by atoms with van der Waals surface area (Å²) in [6, 6.07) is 0. The third-order valence-electron chi connectivity index (χ3n) is 1.68. The van der Waals surface area contributed by atoms with Gasteiger partial charge in [0.1, 0.15) is 10.9 Å². The average molecular weight is 278 g/mol. The Kier molecular flexibility index (Phi) is 5.85. The summed E-state index contributed by atoms with van der Waals surface area (Å²) in [6.45, 7) is 2.12. The van der Waals surface area contributed by atoms with E-state index in [0.29, 0.717) is 23.2 Å². The van der Waals surface area contributed by atoms with E-state index in [2.05, 4.69) is 15.5 Å². The Morgan fingerprint density at radius 1 is 1.47 bits per heavy atom. The molecule has 0 fully saturated rings. The van der Waals surface area contributed by atoms with Crippen molar-refractivity contribution in [1.82, 2.24) is 10.2 Å². The van der Waals surface area contributed by atoms with Gasteiger partial charge in [0.2, 0.25) is 11.0 Å². The van der Waals surface area contributed by atoms with Gasteiger partial charge in [0.15, 0.2) is 0 Å². The number of carbonyl (C=O) groups is 2. The van der Waals surface area contributed by atoms with E-state index in [1.54, 1.807) is 6.92 Å². The monoisotopic (exact) mass is 277 g/mol. The van der Waals surface area contributed by atoms with E-state index in [0.717, 1.165) is 0 Å². The van der Waals surface area contributed by atoms with E-state index < -0.39 is 0 Å². The maximum absolute atomic E-state index is 11.1. The lowest BCUT2D eigenvalue weighted by Crippen LogP contribution is -2.12. The first-order chi connectivity index (χ1) is 8.15. The lowest BCUT2D eigenvalue weighted by atomic mass is 10.3. The number of nitrogens with zero attached hydrogens (tertiary/aromatic N) is 2. The zero-order valence-electron chi connectivity index (χ0n) is 9.23. The molecule has 0 unspecified atom stereocenters. The molecule has 0 radical (unpaired) electrons. The van der Waals surface area contributed by atoms with Crippen LogP contribution in [0.2, 0.25) is 0 Å². The second kappa shape index (κ2) is 7.18. The molecule has 0 aromatic carbocycles. The van der Waals surface area contributed by atoms with Gasteiger partial charge in [0.05, 0.1) is 13.0 Å². The maximum atomic E-state index is 11.1. The zero-order valence-corrected chi connectivity index (χ0v) is 10.8. The fourth-order valence-electron chi connectivity index (χ4n) is 1.000. The summed E-state index contributed by atoms with van der Waals surface area (Å²) >= 11 is 6.55. The predicted molar refractivity (Wildman–Crippen MR) is 64.2 cm³/mol. The molecule has 6 nitrogen and oxygen atoms in total. The van der Waals surface area contributed by atoms with Crippen molar-refractivity contribution in [2.24, 2.45) is 0 Å².